The Balaban J connectivity index is 2.95. The fourth-order valence-electron chi connectivity index (χ4n) is 2.10. The lowest BCUT2D eigenvalue weighted by Gasteiger charge is -2.26. The van der Waals surface area contributed by atoms with E-state index in [2.05, 4.69) is 5.32 Å². The van der Waals surface area contributed by atoms with E-state index in [-0.39, 0.29) is 17.4 Å². The van der Waals surface area contributed by atoms with E-state index in [0.717, 1.165) is 0 Å². The summed E-state index contributed by atoms with van der Waals surface area (Å²) in [5, 5.41) is 11.9. The van der Waals surface area contributed by atoms with Crippen molar-refractivity contribution in [2.24, 2.45) is 5.92 Å². The van der Waals surface area contributed by atoms with Gasteiger partial charge in [-0.05, 0) is 38.3 Å². The van der Waals surface area contributed by atoms with Crippen molar-refractivity contribution in [2.45, 2.75) is 46.1 Å². The predicted octanol–water partition coefficient (Wildman–Crippen LogP) is 3.76. The number of carbonyl (C=O) groups excluding carboxylic acids is 1. The average molecular weight is 372 g/mol. The van der Waals surface area contributed by atoms with Crippen LogP contribution in [0.1, 0.15) is 50.9 Å². The molecule has 140 valence electrons. The Morgan fingerprint density at radius 3 is 2.48 bits per heavy atom. The Bertz CT molecular complexity index is 628. The van der Waals surface area contributed by atoms with E-state index in [1.165, 1.54) is 13.2 Å². The zero-order valence-electron chi connectivity index (χ0n) is 15.3. The molecule has 0 fully saturated rings. The molecule has 0 aliphatic heterocycles. The molecule has 0 aliphatic rings. The third kappa shape index (κ3) is 6.82. The van der Waals surface area contributed by atoms with Gasteiger partial charge in [-0.1, -0.05) is 25.4 Å². The number of methoxy groups -OCH3 is 1. The van der Waals surface area contributed by atoms with Crippen LogP contribution in [0.2, 0.25) is 5.02 Å². The topological polar surface area (TPSA) is 84.9 Å². The normalized spacial score (nSPS) is 11.3. The summed E-state index contributed by atoms with van der Waals surface area (Å²) >= 11 is 6.25. The number of aliphatic carboxylic acids is 1. The van der Waals surface area contributed by atoms with Gasteiger partial charge in [-0.15, -0.1) is 0 Å². The Hall–Kier alpha value is -1.95. The maximum Gasteiger partial charge on any atom is 0.303 e. The number of carboxylic acids is 1. The van der Waals surface area contributed by atoms with Gasteiger partial charge >= 0.3 is 5.97 Å². The number of carbonyl (C=O) groups is 2. The van der Waals surface area contributed by atoms with E-state index < -0.39 is 11.5 Å². The number of amides is 1. The molecule has 6 nitrogen and oxygen atoms in total. The Labute approximate surface area is 153 Å². The van der Waals surface area contributed by atoms with Gasteiger partial charge in [0.2, 0.25) is 0 Å². The summed E-state index contributed by atoms with van der Waals surface area (Å²) in [5.41, 5.74) is -0.343. The van der Waals surface area contributed by atoms with Gasteiger partial charge in [0.25, 0.3) is 5.91 Å². The highest BCUT2D eigenvalue weighted by atomic mass is 35.5. The lowest BCUT2D eigenvalue weighted by Crippen LogP contribution is -2.43. The number of ether oxygens (including phenoxy) is 2. The fraction of sp³-hybridized carbons (Fsp3) is 0.556. The summed E-state index contributed by atoms with van der Waals surface area (Å²) < 4.78 is 11.0. The molecule has 0 saturated carbocycles. The second-order valence-electron chi connectivity index (χ2n) is 6.93. The first-order valence-electron chi connectivity index (χ1n) is 8.10. The molecule has 0 aromatic heterocycles. The highest BCUT2D eigenvalue weighted by molar-refractivity contribution is 6.32. The van der Waals surface area contributed by atoms with Crippen molar-refractivity contribution in [3.05, 3.63) is 22.7 Å². The number of hydrogen-bond donors (Lipinski definition) is 2. The lowest BCUT2D eigenvalue weighted by atomic mass is 9.97. The summed E-state index contributed by atoms with van der Waals surface area (Å²) in [7, 11) is 1.48. The first-order chi connectivity index (χ1) is 11.6. The maximum atomic E-state index is 12.5. The van der Waals surface area contributed by atoms with Crippen molar-refractivity contribution in [2.75, 3.05) is 13.7 Å². The van der Waals surface area contributed by atoms with Crippen LogP contribution in [0.4, 0.5) is 0 Å². The van der Waals surface area contributed by atoms with Crippen LogP contribution in [-0.4, -0.2) is 36.2 Å². The van der Waals surface area contributed by atoms with E-state index >= 15 is 0 Å². The van der Waals surface area contributed by atoms with Gasteiger partial charge in [0, 0.05) is 17.5 Å². The highest BCUT2D eigenvalue weighted by Crippen LogP contribution is 2.36. The fourth-order valence-corrected chi connectivity index (χ4v) is 2.37. The number of nitrogens with one attached hydrogen (secondary N) is 1. The van der Waals surface area contributed by atoms with Gasteiger partial charge in [0.05, 0.1) is 18.7 Å². The molecule has 1 aromatic carbocycles. The van der Waals surface area contributed by atoms with Crippen LogP contribution >= 0.6 is 11.6 Å². The number of carboxylic acid groups (broad SMARTS) is 1. The summed E-state index contributed by atoms with van der Waals surface area (Å²) in [5.74, 6) is -0.162. The van der Waals surface area contributed by atoms with Crippen LogP contribution in [-0.2, 0) is 4.79 Å². The molecule has 1 aromatic rings. The second-order valence-corrected chi connectivity index (χ2v) is 7.33. The minimum absolute atomic E-state index is 0.0284. The largest absolute Gasteiger partial charge is 0.493 e. The van der Waals surface area contributed by atoms with Crippen LogP contribution in [0.3, 0.4) is 0 Å². The van der Waals surface area contributed by atoms with Gasteiger partial charge < -0.3 is 19.9 Å². The lowest BCUT2D eigenvalue weighted by molar-refractivity contribution is -0.137. The van der Waals surface area contributed by atoms with Crippen molar-refractivity contribution in [3.8, 4) is 11.5 Å². The minimum Gasteiger partial charge on any atom is -0.493 e. The second kappa shape index (κ2) is 8.94. The zero-order chi connectivity index (χ0) is 19.2. The average Bonchev–Trinajstić information content (AvgIpc) is 2.50. The molecule has 25 heavy (non-hydrogen) atoms. The Morgan fingerprint density at radius 2 is 1.96 bits per heavy atom. The molecule has 0 bridgehead atoms. The molecule has 0 radical (unpaired) electrons. The van der Waals surface area contributed by atoms with E-state index in [9.17, 15) is 9.59 Å². The molecule has 0 spiro atoms. The molecule has 0 atom stereocenters. The van der Waals surface area contributed by atoms with Crippen LogP contribution in [0, 0.1) is 5.92 Å². The number of benzene rings is 1. The SMILES string of the molecule is COc1cc(C(=O)NC(C)(C)CCC(=O)O)cc(Cl)c1OCC(C)C. The molecular formula is C18H26ClNO5. The molecule has 0 unspecified atom stereocenters. The van der Waals surface area contributed by atoms with E-state index in [0.29, 0.717) is 36.0 Å². The van der Waals surface area contributed by atoms with Gasteiger partial charge in [-0.2, -0.15) is 0 Å². The molecule has 7 heteroatoms. The van der Waals surface area contributed by atoms with Crippen molar-refractivity contribution < 1.29 is 24.2 Å². The van der Waals surface area contributed by atoms with Crippen molar-refractivity contribution in [1.82, 2.24) is 5.32 Å². The highest BCUT2D eigenvalue weighted by Gasteiger charge is 2.24. The predicted molar refractivity (Wildman–Crippen MR) is 96.8 cm³/mol. The summed E-state index contributed by atoms with van der Waals surface area (Å²) in [4.78, 5) is 23.2. The molecular weight excluding hydrogens is 346 g/mol. The summed E-state index contributed by atoms with van der Waals surface area (Å²) in [6, 6.07) is 3.08. The van der Waals surface area contributed by atoms with Crippen molar-refractivity contribution in [3.63, 3.8) is 0 Å². The Morgan fingerprint density at radius 1 is 1.32 bits per heavy atom. The number of halogens is 1. The van der Waals surface area contributed by atoms with Crippen LogP contribution in [0.15, 0.2) is 12.1 Å². The molecule has 2 N–H and O–H groups in total. The van der Waals surface area contributed by atoms with Crippen molar-refractivity contribution in [1.29, 1.82) is 0 Å². The van der Waals surface area contributed by atoms with Crippen molar-refractivity contribution >= 4 is 23.5 Å². The molecule has 0 heterocycles. The zero-order valence-corrected chi connectivity index (χ0v) is 16.1. The number of hydrogen-bond acceptors (Lipinski definition) is 4. The quantitative estimate of drug-likeness (QED) is 0.690. The molecule has 1 rings (SSSR count). The monoisotopic (exact) mass is 371 g/mol. The first kappa shape index (κ1) is 21.1. The van der Waals surface area contributed by atoms with Gasteiger partial charge in [-0.25, -0.2) is 0 Å². The Kier molecular flexibility index (Phi) is 7.55. The standard InChI is InChI=1S/C18H26ClNO5/c1-11(2)10-25-16-13(19)8-12(9-14(16)24-5)17(23)20-18(3,4)7-6-15(21)22/h8-9,11H,6-7,10H2,1-5H3,(H,20,23)(H,21,22). The molecule has 0 aliphatic carbocycles. The van der Waals surface area contributed by atoms with E-state index in [1.807, 2.05) is 13.8 Å². The van der Waals surface area contributed by atoms with Gasteiger partial charge in [-0.3, -0.25) is 9.59 Å². The smallest absolute Gasteiger partial charge is 0.303 e. The summed E-state index contributed by atoms with van der Waals surface area (Å²) in [6.07, 6.45) is 0.286. The summed E-state index contributed by atoms with van der Waals surface area (Å²) in [6.45, 7) is 8.05. The van der Waals surface area contributed by atoms with Crippen LogP contribution in [0.5, 0.6) is 11.5 Å². The third-order valence-corrected chi connectivity index (χ3v) is 3.75. The third-order valence-electron chi connectivity index (χ3n) is 3.47. The van der Waals surface area contributed by atoms with E-state index in [1.54, 1.807) is 19.9 Å². The van der Waals surface area contributed by atoms with E-state index in [4.69, 9.17) is 26.2 Å². The minimum atomic E-state index is -0.904. The number of rotatable bonds is 9. The molecule has 0 saturated heterocycles. The maximum absolute atomic E-state index is 12.5. The first-order valence-corrected chi connectivity index (χ1v) is 8.48. The van der Waals surface area contributed by atoms with Gasteiger partial charge in [0.1, 0.15) is 0 Å². The van der Waals surface area contributed by atoms with Gasteiger partial charge in [0.15, 0.2) is 11.5 Å². The van der Waals surface area contributed by atoms with Crippen LogP contribution in [0.25, 0.3) is 0 Å². The van der Waals surface area contributed by atoms with Crippen LogP contribution < -0.4 is 14.8 Å². The molecule has 1 amide bonds.